The molecular formula is C20H20N4O2. The number of amides is 1. The van der Waals surface area contributed by atoms with Crippen molar-refractivity contribution in [3.8, 4) is 11.4 Å². The van der Waals surface area contributed by atoms with E-state index in [9.17, 15) is 4.79 Å². The summed E-state index contributed by atoms with van der Waals surface area (Å²) in [7, 11) is 0. The van der Waals surface area contributed by atoms with Crippen LogP contribution in [0.5, 0.6) is 0 Å². The van der Waals surface area contributed by atoms with Crippen molar-refractivity contribution in [1.29, 1.82) is 0 Å². The normalized spacial score (nSPS) is 24.8. The molecule has 6 nitrogen and oxygen atoms in total. The number of carbonyl (C=O) groups is 1. The van der Waals surface area contributed by atoms with E-state index in [1.165, 1.54) is 0 Å². The highest BCUT2D eigenvalue weighted by molar-refractivity contribution is 5.92. The van der Waals surface area contributed by atoms with Gasteiger partial charge in [-0.3, -0.25) is 4.79 Å². The zero-order valence-corrected chi connectivity index (χ0v) is 14.4. The molecule has 2 fully saturated rings. The number of carbonyl (C=O) groups excluding carboxylic acids is 1. The van der Waals surface area contributed by atoms with Crippen molar-refractivity contribution in [2.45, 2.75) is 24.7 Å². The van der Waals surface area contributed by atoms with Gasteiger partial charge in [0.15, 0.2) is 0 Å². The van der Waals surface area contributed by atoms with E-state index < -0.39 is 0 Å². The lowest BCUT2D eigenvalue weighted by Gasteiger charge is -2.24. The minimum atomic E-state index is -0.206. The van der Waals surface area contributed by atoms with Gasteiger partial charge in [-0.2, -0.15) is 4.98 Å². The monoisotopic (exact) mass is 348 g/mol. The van der Waals surface area contributed by atoms with Gasteiger partial charge in [0, 0.05) is 24.8 Å². The van der Waals surface area contributed by atoms with E-state index in [2.05, 4.69) is 10.1 Å². The molecule has 1 aliphatic heterocycles. The van der Waals surface area contributed by atoms with Crippen molar-refractivity contribution < 1.29 is 9.32 Å². The van der Waals surface area contributed by atoms with Gasteiger partial charge >= 0.3 is 0 Å². The predicted octanol–water partition coefficient (Wildman–Crippen LogP) is 3.26. The first-order chi connectivity index (χ1) is 12.8. The van der Waals surface area contributed by atoms with Gasteiger partial charge in [-0.1, -0.05) is 41.9 Å². The third-order valence-corrected chi connectivity index (χ3v) is 5.87. The standard InChI is InChI=1S/C20H20N4O2/c25-18(16-9-5-11-21-16)24-12-15-8-4-10-20(15,13-24)19-22-17(23-26-19)14-6-2-1-3-7-14/h1-3,5-7,9,11,15,21H,4,8,10,12-13H2/t15-,20-/m1/s1. The van der Waals surface area contributed by atoms with Crippen LogP contribution in [-0.4, -0.2) is 39.0 Å². The van der Waals surface area contributed by atoms with Crippen LogP contribution in [0.2, 0.25) is 0 Å². The highest BCUT2D eigenvalue weighted by Gasteiger charge is 2.55. The Balaban J connectivity index is 1.46. The van der Waals surface area contributed by atoms with E-state index in [0.717, 1.165) is 31.4 Å². The number of fused-ring (bicyclic) bond motifs is 1. The summed E-state index contributed by atoms with van der Waals surface area (Å²) in [5.41, 5.74) is 1.38. The summed E-state index contributed by atoms with van der Waals surface area (Å²) in [5.74, 6) is 1.73. The smallest absolute Gasteiger partial charge is 0.270 e. The molecule has 26 heavy (non-hydrogen) atoms. The molecule has 2 aliphatic rings. The highest BCUT2D eigenvalue weighted by Crippen LogP contribution is 2.50. The molecule has 2 atom stereocenters. The molecule has 132 valence electrons. The fourth-order valence-corrected chi connectivity index (χ4v) is 4.56. The zero-order valence-electron chi connectivity index (χ0n) is 14.4. The second-order valence-electron chi connectivity index (χ2n) is 7.30. The number of nitrogens with one attached hydrogen (secondary N) is 1. The second kappa shape index (κ2) is 5.83. The minimum absolute atomic E-state index is 0.0478. The molecule has 1 amide bonds. The molecule has 1 saturated carbocycles. The van der Waals surface area contributed by atoms with E-state index in [1.54, 1.807) is 6.20 Å². The van der Waals surface area contributed by atoms with Crippen LogP contribution in [0, 0.1) is 5.92 Å². The Labute approximate surface area is 151 Å². The van der Waals surface area contributed by atoms with Crippen LogP contribution >= 0.6 is 0 Å². The molecule has 0 radical (unpaired) electrons. The number of aromatic amines is 1. The number of aromatic nitrogens is 3. The first-order valence-corrected chi connectivity index (χ1v) is 9.08. The summed E-state index contributed by atoms with van der Waals surface area (Å²) in [6, 6.07) is 13.5. The number of hydrogen-bond donors (Lipinski definition) is 1. The molecule has 2 aromatic heterocycles. The number of H-pyrrole nitrogens is 1. The first kappa shape index (κ1) is 15.4. The third kappa shape index (κ3) is 2.29. The summed E-state index contributed by atoms with van der Waals surface area (Å²) >= 11 is 0. The Bertz CT molecular complexity index is 918. The van der Waals surface area contributed by atoms with Crippen LogP contribution in [0.4, 0.5) is 0 Å². The Hall–Kier alpha value is -2.89. The maximum atomic E-state index is 12.8. The molecule has 0 bridgehead atoms. The van der Waals surface area contributed by atoms with Gasteiger partial charge in [0.25, 0.3) is 5.91 Å². The van der Waals surface area contributed by atoms with Gasteiger partial charge in [0.2, 0.25) is 11.7 Å². The van der Waals surface area contributed by atoms with E-state index in [0.29, 0.717) is 29.9 Å². The summed E-state index contributed by atoms with van der Waals surface area (Å²) in [5, 5.41) is 4.21. The van der Waals surface area contributed by atoms with E-state index >= 15 is 0 Å². The van der Waals surface area contributed by atoms with Crippen LogP contribution in [0.1, 0.15) is 35.6 Å². The average molecular weight is 348 g/mol. The van der Waals surface area contributed by atoms with Crippen molar-refractivity contribution in [2.75, 3.05) is 13.1 Å². The van der Waals surface area contributed by atoms with Crippen molar-refractivity contribution >= 4 is 5.91 Å². The van der Waals surface area contributed by atoms with Gasteiger partial charge in [-0.15, -0.1) is 0 Å². The van der Waals surface area contributed by atoms with Gasteiger partial charge in [-0.25, -0.2) is 0 Å². The van der Waals surface area contributed by atoms with Crippen molar-refractivity contribution in [3.63, 3.8) is 0 Å². The van der Waals surface area contributed by atoms with Crippen LogP contribution < -0.4 is 0 Å². The lowest BCUT2D eigenvalue weighted by molar-refractivity contribution is 0.0770. The lowest BCUT2D eigenvalue weighted by atomic mass is 9.80. The van der Waals surface area contributed by atoms with E-state index in [-0.39, 0.29) is 11.3 Å². The summed E-state index contributed by atoms with van der Waals surface area (Å²) in [6.45, 7) is 1.40. The summed E-state index contributed by atoms with van der Waals surface area (Å²) in [6.07, 6.45) is 5.00. The van der Waals surface area contributed by atoms with Crippen molar-refractivity contribution in [1.82, 2.24) is 20.0 Å². The fraction of sp³-hybridized carbons (Fsp3) is 0.350. The highest BCUT2D eigenvalue weighted by atomic mass is 16.5. The van der Waals surface area contributed by atoms with Crippen LogP contribution in [0.3, 0.4) is 0 Å². The summed E-state index contributed by atoms with van der Waals surface area (Å²) in [4.78, 5) is 22.4. The predicted molar refractivity (Wildman–Crippen MR) is 95.4 cm³/mol. The van der Waals surface area contributed by atoms with Crippen molar-refractivity contribution in [3.05, 3.63) is 60.2 Å². The number of nitrogens with zero attached hydrogens (tertiary/aromatic N) is 3. The van der Waals surface area contributed by atoms with Gasteiger partial charge in [0.05, 0.1) is 5.41 Å². The first-order valence-electron chi connectivity index (χ1n) is 9.08. The fourth-order valence-electron chi connectivity index (χ4n) is 4.56. The van der Waals surface area contributed by atoms with Crippen LogP contribution in [0.15, 0.2) is 53.2 Å². The molecule has 1 aliphatic carbocycles. The largest absolute Gasteiger partial charge is 0.357 e. The Morgan fingerprint density at radius 3 is 2.92 bits per heavy atom. The van der Waals surface area contributed by atoms with Crippen LogP contribution in [-0.2, 0) is 5.41 Å². The van der Waals surface area contributed by atoms with E-state index in [4.69, 9.17) is 9.51 Å². The molecule has 6 heteroatoms. The van der Waals surface area contributed by atoms with Gasteiger partial charge in [-0.05, 0) is 30.9 Å². The average Bonchev–Trinajstić information content (AvgIpc) is 3.44. The number of likely N-dealkylation sites (tertiary alicyclic amines) is 1. The molecule has 5 rings (SSSR count). The Kier molecular flexibility index (Phi) is 3.45. The maximum absolute atomic E-state index is 12.8. The number of hydrogen-bond acceptors (Lipinski definition) is 4. The van der Waals surface area contributed by atoms with Crippen molar-refractivity contribution in [2.24, 2.45) is 5.92 Å². The molecular weight excluding hydrogens is 328 g/mol. The van der Waals surface area contributed by atoms with Gasteiger partial charge < -0.3 is 14.4 Å². The molecule has 0 spiro atoms. The minimum Gasteiger partial charge on any atom is -0.357 e. The molecule has 1 saturated heterocycles. The van der Waals surface area contributed by atoms with Crippen LogP contribution in [0.25, 0.3) is 11.4 Å². The van der Waals surface area contributed by atoms with E-state index in [1.807, 2.05) is 47.4 Å². The SMILES string of the molecule is O=C(c1ccc[nH]1)N1C[C@H]2CCC[C@@]2(c2nc(-c3ccccc3)no2)C1. The molecule has 1 N–H and O–H groups in total. The quantitative estimate of drug-likeness (QED) is 0.788. The maximum Gasteiger partial charge on any atom is 0.270 e. The summed E-state index contributed by atoms with van der Waals surface area (Å²) < 4.78 is 5.72. The molecule has 3 aromatic rings. The number of benzene rings is 1. The third-order valence-electron chi connectivity index (χ3n) is 5.87. The number of rotatable bonds is 3. The second-order valence-corrected chi connectivity index (χ2v) is 7.30. The molecule has 0 unspecified atom stereocenters. The Morgan fingerprint density at radius 1 is 1.23 bits per heavy atom. The molecule has 1 aromatic carbocycles. The topological polar surface area (TPSA) is 75.0 Å². The zero-order chi connectivity index (χ0) is 17.6. The molecule has 3 heterocycles. The lowest BCUT2D eigenvalue weighted by Crippen LogP contribution is -2.35. The Morgan fingerprint density at radius 2 is 2.12 bits per heavy atom. The van der Waals surface area contributed by atoms with Gasteiger partial charge in [0.1, 0.15) is 5.69 Å².